The van der Waals surface area contributed by atoms with Crippen molar-refractivity contribution in [3.8, 4) is 0 Å². The Morgan fingerprint density at radius 3 is 2.79 bits per heavy atom. The zero-order chi connectivity index (χ0) is 16.4. The summed E-state index contributed by atoms with van der Waals surface area (Å²) in [6.07, 6.45) is 5.21. The highest BCUT2D eigenvalue weighted by molar-refractivity contribution is 7.11. The average Bonchev–Trinajstić information content (AvgIpc) is 3.13. The third-order valence-electron chi connectivity index (χ3n) is 5.06. The van der Waals surface area contributed by atoms with E-state index in [9.17, 15) is 4.79 Å². The molecule has 0 spiro atoms. The molecule has 1 aromatic heterocycles. The van der Waals surface area contributed by atoms with Gasteiger partial charge in [0.05, 0.1) is 16.1 Å². The van der Waals surface area contributed by atoms with Crippen molar-refractivity contribution in [1.29, 1.82) is 0 Å². The number of carbonyl (C=O) groups is 1. The van der Waals surface area contributed by atoms with Gasteiger partial charge in [0.1, 0.15) is 0 Å². The minimum Gasteiger partial charge on any atom is -0.355 e. The standard InChI is InChI=1S/C19H23N3OS/c23-18(19(12-20-13-19)11-14-5-2-1-3-6-14)21-10-9-17-22-15-7-4-8-16(15)24-17/h1-3,5-6,20H,4,7-13H2,(H,21,23). The summed E-state index contributed by atoms with van der Waals surface area (Å²) in [5.74, 6) is 0.175. The quantitative estimate of drug-likeness (QED) is 0.846. The normalized spacial score (nSPS) is 18.0. The second-order valence-corrected chi connectivity index (χ2v) is 8.05. The maximum atomic E-state index is 12.7. The Morgan fingerprint density at radius 1 is 1.25 bits per heavy atom. The number of fused-ring (bicyclic) bond motifs is 1. The molecule has 1 fully saturated rings. The molecule has 0 saturated carbocycles. The van der Waals surface area contributed by atoms with E-state index in [1.807, 2.05) is 29.5 Å². The van der Waals surface area contributed by atoms with Crippen LogP contribution >= 0.6 is 11.3 Å². The Kier molecular flexibility index (Phi) is 4.37. The van der Waals surface area contributed by atoms with E-state index in [0.717, 1.165) is 32.4 Å². The highest BCUT2D eigenvalue weighted by atomic mass is 32.1. The summed E-state index contributed by atoms with van der Waals surface area (Å²) in [6.45, 7) is 2.21. The number of thiazole rings is 1. The summed E-state index contributed by atoms with van der Waals surface area (Å²) in [4.78, 5) is 18.9. The van der Waals surface area contributed by atoms with E-state index in [-0.39, 0.29) is 11.3 Å². The van der Waals surface area contributed by atoms with E-state index < -0.39 is 0 Å². The molecule has 2 aromatic rings. The van der Waals surface area contributed by atoms with Gasteiger partial charge in [0.2, 0.25) is 5.91 Å². The summed E-state index contributed by atoms with van der Waals surface area (Å²) in [5, 5.41) is 7.58. The smallest absolute Gasteiger partial charge is 0.229 e. The van der Waals surface area contributed by atoms with Crippen LogP contribution in [0.1, 0.15) is 27.6 Å². The fraction of sp³-hybridized carbons (Fsp3) is 0.474. The van der Waals surface area contributed by atoms with Crippen LogP contribution in [0.4, 0.5) is 0 Å². The number of hydrogen-bond donors (Lipinski definition) is 2. The highest BCUT2D eigenvalue weighted by Gasteiger charge is 2.43. The molecule has 1 aliphatic heterocycles. The van der Waals surface area contributed by atoms with Crippen molar-refractivity contribution in [1.82, 2.24) is 15.6 Å². The molecule has 24 heavy (non-hydrogen) atoms. The van der Waals surface area contributed by atoms with Gasteiger partial charge in [-0.15, -0.1) is 11.3 Å². The number of carbonyl (C=O) groups excluding carboxylic acids is 1. The summed E-state index contributed by atoms with van der Waals surface area (Å²) in [6, 6.07) is 10.3. The lowest BCUT2D eigenvalue weighted by Gasteiger charge is -2.41. The van der Waals surface area contributed by atoms with Gasteiger partial charge in [-0.1, -0.05) is 30.3 Å². The van der Waals surface area contributed by atoms with Crippen LogP contribution in [0.15, 0.2) is 30.3 Å². The summed E-state index contributed by atoms with van der Waals surface area (Å²) in [5.41, 5.74) is 2.24. The van der Waals surface area contributed by atoms with Gasteiger partial charge in [-0.05, 0) is 31.2 Å². The Labute approximate surface area is 146 Å². The van der Waals surface area contributed by atoms with Gasteiger partial charge in [0, 0.05) is 30.9 Å². The van der Waals surface area contributed by atoms with Crippen LogP contribution in [0.3, 0.4) is 0 Å². The van der Waals surface area contributed by atoms with E-state index in [1.54, 1.807) is 0 Å². The number of amides is 1. The first-order valence-corrected chi connectivity index (χ1v) is 9.57. The molecule has 2 aliphatic rings. The maximum absolute atomic E-state index is 12.7. The Morgan fingerprint density at radius 2 is 2.08 bits per heavy atom. The fourth-order valence-corrected chi connectivity index (χ4v) is 4.76. The number of aromatic nitrogens is 1. The van der Waals surface area contributed by atoms with Crippen molar-refractivity contribution >= 4 is 17.2 Å². The SMILES string of the molecule is O=C(NCCc1nc2c(s1)CCC2)C1(Cc2ccccc2)CNC1. The van der Waals surface area contributed by atoms with Crippen LogP contribution in [-0.2, 0) is 30.5 Å². The number of nitrogens with one attached hydrogen (secondary N) is 2. The molecular formula is C19H23N3OS. The monoisotopic (exact) mass is 341 g/mol. The molecule has 1 saturated heterocycles. The third-order valence-corrected chi connectivity index (χ3v) is 6.28. The van der Waals surface area contributed by atoms with Crippen molar-refractivity contribution in [2.24, 2.45) is 5.41 Å². The number of rotatable bonds is 6. The number of hydrogen-bond acceptors (Lipinski definition) is 4. The zero-order valence-corrected chi connectivity index (χ0v) is 14.6. The Hall–Kier alpha value is -1.72. The molecule has 4 rings (SSSR count). The molecule has 126 valence electrons. The number of aryl methyl sites for hydroxylation is 2. The summed E-state index contributed by atoms with van der Waals surface area (Å²) < 4.78 is 0. The fourth-order valence-electron chi connectivity index (χ4n) is 3.60. The second-order valence-electron chi connectivity index (χ2n) is 6.88. The molecule has 1 amide bonds. The van der Waals surface area contributed by atoms with Crippen LogP contribution < -0.4 is 10.6 Å². The van der Waals surface area contributed by atoms with Crippen LogP contribution in [0.5, 0.6) is 0 Å². The summed E-state index contributed by atoms with van der Waals surface area (Å²) in [7, 11) is 0. The Bertz CT molecular complexity index is 700. The topological polar surface area (TPSA) is 54.0 Å². The van der Waals surface area contributed by atoms with Gasteiger partial charge >= 0.3 is 0 Å². The molecular weight excluding hydrogens is 318 g/mol. The van der Waals surface area contributed by atoms with E-state index in [4.69, 9.17) is 4.98 Å². The van der Waals surface area contributed by atoms with E-state index in [0.29, 0.717) is 6.54 Å². The number of benzene rings is 1. The van der Waals surface area contributed by atoms with Gasteiger partial charge in [-0.2, -0.15) is 0 Å². The molecule has 0 bridgehead atoms. The second kappa shape index (κ2) is 6.65. The predicted octanol–water partition coefficient (Wildman–Crippen LogP) is 2.12. The molecule has 4 nitrogen and oxygen atoms in total. The van der Waals surface area contributed by atoms with E-state index in [1.165, 1.54) is 34.0 Å². The first-order valence-electron chi connectivity index (χ1n) is 8.76. The van der Waals surface area contributed by atoms with E-state index >= 15 is 0 Å². The van der Waals surface area contributed by atoms with Crippen molar-refractivity contribution in [2.75, 3.05) is 19.6 Å². The molecule has 0 radical (unpaired) electrons. The minimum absolute atomic E-state index is 0.175. The van der Waals surface area contributed by atoms with E-state index in [2.05, 4.69) is 22.8 Å². The Balaban J connectivity index is 1.32. The molecule has 2 heterocycles. The van der Waals surface area contributed by atoms with Crippen LogP contribution in [0, 0.1) is 5.41 Å². The van der Waals surface area contributed by atoms with Gasteiger partial charge in [-0.25, -0.2) is 4.98 Å². The van der Waals surface area contributed by atoms with Crippen LogP contribution in [0.25, 0.3) is 0 Å². The molecule has 0 unspecified atom stereocenters. The summed E-state index contributed by atoms with van der Waals surface area (Å²) >= 11 is 1.83. The lowest BCUT2D eigenvalue weighted by molar-refractivity contribution is -0.133. The molecule has 2 N–H and O–H groups in total. The minimum atomic E-state index is -0.286. The largest absolute Gasteiger partial charge is 0.355 e. The van der Waals surface area contributed by atoms with Gasteiger partial charge in [0.25, 0.3) is 0 Å². The molecule has 1 aliphatic carbocycles. The zero-order valence-electron chi connectivity index (χ0n) is 13.8. The highest BCUT2D eigenvalue weighted by Crippen LogP contribution is 2.29. The van der Waals surface area contributed by atoms with Crippen molar-refractivity contribution in [3.05, 3.63) is 51.5 Å². The van der Waals surface area contributed by atoms with Crippen molar-refractivity contribution < 1.29 is 4.79 Å². The predicted molar refractivity (Wildman–Crippen MR) is 96.3 cm³/mol. The first kappa shape index (κ1) is 15.8. The van der Waals surface area contributed by atoms with Crippen molar-refractivity contribution in [2.45, 2.75) is 32.1 Å². The van der Waals surface area contributed by atoms with Gasteiger partial charge in [0.15, 0.2) is 0 Å². The van der Waals surface area contributed by atoms with Crippen LogP contribution in [-0.4, -0.2) is 30.5 Å². The molecule has 1 aromatic carbocycles. The molecule has 0 atom stereocenters. The first-order chi connectivity index (χ1) is 11.8. The molecule has 5 heteroatoms. The third kappa shape index (κ3) is 3.10. The van der Waals surface area contributed by atoms with Gasteiger partial charge in [-0.3, -0.25) is 4.79 Å². The maximum Gasteiger partial charge on any atom is 0.229 e. The average molecular weight is 341 g/mol. The van der Waals surface area contributed by atoms with Crippen molar-refractivity contribution in [3.63, 3.8) is 0 Å². The lowest BCUT2D eigenvalue weighted by Crippen LogP contribution is -2.62. The van der Waals surface area contributed by atoms with Gasteiger partial charge < -0.3 is 10.6 Å². The van der Waals surface area contributed by atoms with Crippen LogP contribution in [0.2, 0.25) is 0 Å². The number of nitrogens with zero attached hydrogens (tertiary/aromatic N) is 1. The lowest BCUT2D eigenvalue weighted by atomic mass is 9.75.